The van der Waals surface area contributed by atoms with Crippen LogP contribution in [0.2, 0.25) is 0 Å². The van der Waals surface area contributed by atoms with Crippen LogP contribution in [0.15, 0.2) is 40.9 Å². The Morgan fingerprint density at radius 2 is 1.76 bits per heavy atom. The Morgan fingerprint density at radius 1 is 1.07 bits per heavy atom. The lowest BCUT2D eigenvalue weighted by atomic mass is 10.1. The van der Waals surface area contributed by atoms with Gasteiger partial charge in [-0.1, -0.05) is 12.1 Å². The smallest absolute Gasteiger partial charge is 0.422 e. The maximum atomic E-state index is 13.2. The second kappa shape index (κ2) is 10.5. The molecule has 158 valence electrons. The van der Waals surface area contributed by atoms with E-state index in [2.05, 4.69) is 21.2 Å². The summed E-state index contributed by atoms with van der Waals surface area (Å²) in [7, 11) is 1.33. The number of halogens is 5. The molecule has 0 aliphatic carbocycles. The highest BCUT2D eigenvalue weighted by molar-refractivity contribution is 9.10. The number of ether oxygens (including phenoxy) is 2. The largest absolute Gasteiger partial charge is 0.493 e. The van der Waals surface area contributed by atoms with E-state index in [1.807, 2.05) is 0 Å². The maximum absolute atomic E-state index is 13.2. The Hall–Kier alpha value is -2.29. The van der Waals surface area contributed by atoms with Gasteiger partial charge in [-0.05, 0) is 64.2 Å². The summed E-state index contributed by atoms with van der Waals surface area (Å²) < 4.78 is 60.2. The number of alkyl halides is 3. The van der Waals surface area contributed by atoms with Crippen LogP contribution in [-0.2, 0) is 17.6 Å². The van der Waals surface area contributed by atoms with Gasteiger partial charge in [0, 0.05) is 13.0 Å². The number of nitrogens with one attached hydrogen (secondary N) is 1. The zero-order valence-electron chi connectivity index (χ0n) is 15.6. The van der Waals surface area contributed by atoms with Crippen molar-refractivity contribution in [3.8, 4) is 11.5 Å². The molecule has 0 aromatic heterocycles. The summed E-state index contributed by atoms with van der Waals surface area (Å²) >= 11 is 3.12. The summed E-state index contributed by atoms with van der Waals surface area (Å²) in [6.07, 6.45) is -3.28. The van der Waals surface area contributed by atoms with Crippen molar-refractivity contribution in [1.29, 1.82) is 0 Å². The SMILES string of the molecule is COc1cc(CCC(=O)NCCc2ccc(F)c(Br)c2)ccc1OCC(F)(F)F. The Labute approximate surface area is 174 Å². The zero-order valence-corrected chi connectivity index (χ0v) is 17.2. The van der Waals surface area contributed by atoms with Crippen molar-refractivity contribution in [2.75, 3.05) is 20.3 Å². The van der Waals surface area contributed by atoms with Crippen LogP contribution in [-0.4, -0.2) is 32.3 Å². The van der Waals surface area contributed by atoms with Gasteiger partial charge in [0.2, 0.25) is 5.91 Å². The van der Waals surface area contributed by atoms with Crippen molar-refractivity contribution in [2.24, 2.45) is 0 Å². The minimum atomic E-state index is -4.44. The number of rotatable bonds is 9. The molecule has 1 amide bonds. The molecule has 0 fully saturated rings. The van der Waals surface area contributed by atoms with Gasteiger partial charge in [-0.25, -0.2) is 4.39 Å². The number of hydrogen-bond acceptors (Lipinski definition) is 3. The van der Waals surface area contributed by atoms with Crippen LogP contribution in [0.3, 0.4) is 0 Å². The lowest BCUT2D eigenvalue weighted by Gasteiger charge is -2.13. The van der Waals surface area contributed by atoms with Gasteiger partial charge < -0.3 is 14.8 Å². The van der Waals surface area contributed by atoms with E-state index in [4.69, 9.17) is 9.47 Å². The molecule has 0 spiro atoms. The van der Waals surface area contributed by atoms with Crippen LogP contribution in [0, 0.1) is 5.82 Å². The van der Waals surface area contributed by atoms with Crippen LogP contribution in [0.25, 0.3) is 0 Å². The number of hydrogen-bond donors (Lipinski definition) is 1. The fraction of sp³-hybridized carbons (Fsp3) is 0.350. The van der Waals surface area contributed by atoms with Crippen molar-refractivity contribution < 1.29 is 31.8 Å². The summed E-state index contributed by atoms with van der Waals surface area (Å²) in [5, 5.41) is 2.78. The highest BCUT2D eigenvalue weighted by Gasteiger charge is 2.29. The van der Waals surface area contributed by atoms with Crippen LogP contribution in [0.4, 0.5) is 17.6 Å². The first-order valence-corrected chi connectivity index (χ1v) is 9.54. The van der Waals surface area contributed by atoms with E-state index in [-0.39, 0.29) is 29.6 Å². The maximum Gasteiger partial charge on any atom is 0.422 e. The summed E-state index contributed by atoms with van der Waals surface area (Å²) in [6, 6.07) is 9.21. The molecule has 0 atom stereocenters. The molecular formula is C20H20BrF4NO3. The van der Waals surface area contributed by atoms with E-state index in [1.165, 1.54) is 19.2 Å². The summed E-state index contributed by atoms with van der Waals surface area (Å²) in [6.45, 7) is -1.000. The van der Waals surface area contributed by atoms with Crippen molar-refractivity contribution in [3.05, 3.63) is 57.8 Å². The van der Waals surface area contributed by atoms with Gasteiger partial charge in [-0.2, -0.15) is 13.2 Å². The van der Waals surface area contributed by atoms with Crippen molar-refractivity contribution >= 4 is 21.8 Å². The highest BCUT2D eigenvalue weighted by atomic mass is 79.9. The first-order valence-electron chi connectivity index (χ1n) is 8.75. The molecule has 2 aromatic carbocycles. The molecule has 4 nitrogen and oxygen atoms in total. The van der Waals surface area contributed by atoms with Crippen molar-refractivity contribution in [1.82, 2.24) is 5.32 Å². The van der Waals surface area contributed by atoms with Crippen LogP contribution < -0.4 is 14.8 Å². The van der Waals surface area contributed by atoms with E-state index < -0.39 is 12.8 Å². The molecule has 2 rings (SSSR count). The van der Waals surface area contributed by atoms with Crippen LogP contribution in [0.5, 0.6) is 11.5 Å². The molecule has 0 heterocycles. The Bertz CT molecular complexity index is 843. The lowest BCUT2D eigenvalue weighted by molar-refractivity contribution is -0.153. The molecular weight excluding hydrogens is 458 g/mol. The predicted octanol–water partition coefficient (Wildman–Crippen LogP) is 4.83. The van der Waals surface area contributed by atoms with Gasteiger partial charge >= 0.3 is 6.18 Å². The first kappa shape index (κ1) is 23.0. The number of methoxy groups -OCH3 is 1. The van der Waals surface area contributed by atoms with E-state index >= 15 is 0 Å². The average molecular weight is 478 g/mol. The predicted molar refractivity (Wildman–Crippen MR) is 104 cm³/mol. The topological polar surface area (TPSA) is 47.6 Å². The van der Waals surface area contributed by atoms with Crippen molar-refractivity contribution in [2.45, 2.75) is 25.4 Å². The van der Waals surface area contributed by atoms with Gasteiger partial charge in [-0.3, -0.25) is 4.79 Å². The molecule has 1 N–H and O–H groups in total. The normalized spacial score (nSPS) is 11.2. The standard InChI is InChI=1S/C20H20BrF4NO3/c1-28-18-11-13(3-6-17(18)29-12-20(23,24)25)4-7-19(27)26-9-8-14-2-5-16(22)15(21)10-14/h2-3,5-6,10-11H,4,7-9,12H2,1H3,(H,26,27). The summed E-state index contributed by atoms with van der Waals surface area (Å²) in [5.41, 5.74) is 1.62. The lowest BCUT2D eigenvalue weighted by Crippen LogP contribution is -2.25. The number of benzene rings is 2. The Morgan fingerprint density at radius 3 is 2.41 bits per heavy atom. The number of aryl methyl sites for hydroxylation is 1. The second-order valence-electron chi connectivity index (χ2n) is 6.24. The van der Waals surface area contributed by atoms with E-state index in [0.29, 0.717) is 23.9 Å². The van der Waals surface area contributed by atoms with Crippen LogP contribution >= 0.6 is 15.9 Å². The third-order valence-electron chi connectivity index (χ3n) is 3.98. The van der Waals surface area contributed by atoms with Gasteiger partial charge in [0.15, 0.2) is 18.1 Å². The second-order valence-corrected chi connectivity index (χ2v) is 7.09. The molecule has 0 unspecified atom stereocenters. The Kier molecular flexibility index (Phi) is 8.31. The van der Waals surface area contributed by atoms with Gasteiger partial charge in [0.05, 0.1) is 11.6 Å². The summed E-state index contributed by atoms with van der Waals surface area (Å²) in [5.74, 6) is -0.344. The van der Waals surface area contributed by atoms with Crippen molar-refractivity contribution in [3.63, 3.8) is 0 Å². The minimum absolute atomic E-state index is 0.0107. The van der Waals surface area contributed by atoms with Crippen LogP contribution in [0.1, 0.15) is 17.5 Å². The zero-order chi connectivity index (χ0) is 21.4. The molecule has 0 saturated heterocycles. The fourth-order valence-corrected chi connectivity index (χ4v) is 2.96. The molecule has 9 heteroatoms. The van der Waals surface area contributed by atoms with E-state index in [1.54, 1.807) is 24.3 Å². The quantitative estimate of drug-likeness (QED) is 0.526. The molecule has 0 aliphatic rings. The molecule has 0 saturated carbocycles. The fourth-order valence-electron chi connectivity index (χ4n) is 2.53. The van der Waals surface area contributed by atoms with E-state index in [0.717, 1.165) is 11.1 Å². The average Bonchev–Trinajstić information content (AvgIpc) is 2.67. The number of amides is 1. The van der Waals surface area contributed by atoms with Gasteiger partial charge in [-0.15, -0.1) is 0 Å². The van der Waals surface area contributed by atoms with Gasteiger partial charge in [0.25, 0.3) is 0 Å². The third kappa shape index (κ3) is 7.92. The molecule has 0 radical (unpaired) electrons. The molecule has 0 bridgehead atoms. The summed E-state index contributed by atoms with van der Waals surface area (Å²) in [4.78, 5) is 12.0. The first-order chi connectivity index (χ1) is 13.7. The monoisotopic (exact) mass is 477 g/mol. The molecule has 29 heavy (non-hydrogen) atoms. The molecule has 0 aliphatic heterocycles. The minimum Gasteiger partial charge on any atom is -0.493 e. The van der Waals surface area contributed by atoms with Gasteiger partial charge in [0.1, 0.15) is 5.82 Å². The number of carbonyl (C=O) groups excluding carboxylic acids is 1. The Balaban J connectivity index is 1.80. The molecule has 2 aromatic rings. The highest BCUT2D eigenvalue weighted by Crippen LogP contribution is 2.30. The van der Waals surface area contributed by atoms with E-state index in [9.17, 15) is 22.4 Å². The third-order valence-corrected chi connectivity index (χ3v) is 4.59. The number of carbonyl (C=O) groups is 1.